The van der Waals surface area contributed by atoms with Gasteiger partial charge in [0.25, 0.3) is 0 Å². The number of hydrogen-bond acceptors (Lipinski definition) is 5. The summed E-state index contributed by atoms with van der Waals surface area (Å²) < 4.78 is 15.3. The monoisotopic (exact) mass is 314 g/mol. The number of phenolic OH excluding ortho intramolecular Hbond substituents is 1. The molecule has 0 aliphatic carbocycles. The number of allylic oxidation sites excluding steroid dienone is 1. The minimum atomic E-state index is -0.190. The normalized spacial score (nSPS) is 10.6. The van der Waals surface area contributed by atoms with Crippen molar-refractivity contribution in [3.05, 3.63) is 53.6 Å². The van der Waals surface area contributed by atoms with Gasteiger partial charge in [0.1, 0.15) is 23.0 Å². The van der Waals surface area contributed by atoms with Gasteiger partial charge in [-0.25, -0.2) is 0 Å². The van der Waals surface area contributed by atoms with Gasteiger partial charge >= 0.3 is 0 Å². The van der Waals surface area contributed by atoms with E-state index in [9.17, 15) is 9.90 Å². The first kappa shape index (κ1) is 16.4. The van der Waals surface area contributed by atoms with E-state index in [1.807, 2.05) is 0 Å². The second-order valence-electron chi connectivity index (χ2n) is 4.69. The van der Waals surface area contributed by atoms with Crippen LogP contribution >= 0.6 is 0 Å². The first-order chi connectivity index (χ1) is 11.1. The summed E-state index contributed by atoms with van der Waals surface area (Å²) in [7, 11) is 4.54. The second-order valence-corrected chi connectivity index (χ2v) is 4.69. The molecule has 0 spiro atoms. The lowest BCUT2D eigenvalue weighted by Gasteiger charge is -2.09. The Balaban J connectivity index is 2.26. The van der Waals surface area contributed by atoms with E-state index in [0.717, 1.165) is 0 Å². The van der Waals surface area contributed by atoms with Crippen LogP contribution in [0.4, 0.5) is 0 Å². The standard InChI is InChI=1S/C18H18O5/c1-21-13-6-4-12(5-7-13)16(19)9-8-15-17(20)10-14(22-2)11-18(15)23-3/h4-11,20H,1-3H3/b9-8+. The van der Waals surface area contributed by atoms with Crippen LogP contribution in [0.5, 0.6) is 23.0 Å². The quantitative estimate of drug-likeness (QED) is 0.654. The van der Waals surface area contributed by atoms with Crippen LogP contribution < -0.4 is 14.2 Å². The van der Waals surface area contributed by atoms with E-state index in [4.69, 9.17) is 14.2 Å². The highest BCUT2D eigenvalue weighted by Crippen LogP contribution is 2.34. The van der Waals surface area contributed by atoms with Gasteiger partial charge in [-0.05, 0) is 36.4 Å². The van der Waals surface area contributed by atoms with Crippen molar-refractivity contribution in [1.82, 2.24) is 0 Å². The predicted molar refractivity (Wildman–Crippen MR) is 87.6 cm³/mol. The van der Waals surface area contributed by atoms with Gasteiger partial charge in [0.15, 0.2) is 5.78 Å². The van der Waals surface area contributed by atoms with Crippen molar-refractivity contribution in [3.8, 4) is 23.0 Å². The van der Waals surface area contributed by atoms with Crippen molar-refractivity contribution in [2.45, 2.75) is 0 Å². The van der Waals surface area contributed by atoms with Crippen molar-refractivity contribution < 1.29 is 24.1 Å². The average Bonchev–Trinajstić information content (AvgIpc) is 2.59. The summed E-state index contributed by atoms with van der Waals surface area (Å²) in [6, 6.07) is 9.88. The number of ether oxygens (including phenoxy) is 3. The number of rotatable bonds is 6. The summed E-state index contributed by atoms with van der Waals surface area (Å²) in [5.41, 5.74) is 0.934. The Bertz CT molecular complexity index is 717. The van der Waals surface area contributed by atoms with E-state index in [2.05, 4.69) is 0 Å². The predicted octanol–water partition coefficient (Wildman–Crippen LogP) is 3.31. The summed E-state index contributed by atoms with van der Waals surface area (Å²) in [4.78, 5) is 12.2. The molecule has 1 N–H and O–H groups in total. The molecule has 5 heteroatoms. The van der Waals surface area contributed by atoms with Crippen molar-refractivity contribution >= 4 is 11.9 Å². The minimum absolute atomic E-state index is 0.0278. The lowest BCUT2D eigenvalue weighted by atomic mass is 10.1. The molecule has 0 saturated heterocycles. The molecule has 0 aromatic heterocycles. The first-order valence-electron chi connectivity index (χ1n) is 6.90. The molecule has 0 aliphatic heterocycles. The van der Waals surface area contributed by atoms with Gasteiger partial charge in [-0.3, -0.25) is 4.79 Å². The van der Waals surface area contributed by atoms with Crippen LogP contribution in [-0.2, 0) is 0 Å². The van der Waals surface area contributed by atoms with Crippen molar-refractivity contribution in [2.75, 3.05) is 21.3 Å². The number of phenols is 1. The fourth-order valence-corrected chi connectivity index (χ4v) is 2.05. The molecule has 0 amide bonds. The van der Waals surface area contributed by atoms with Crippen LogP contribution in [0.15, 0.2) is 42.5 Å². The molecule has 0 saturated carbocycles. The Hall–Kier alpha value is -2.95. The van der Waals surface area contributed by atoms with Crippen molar-refractivity contribution in [3.63, 3.8) is 0 Å². The third-order valence-electron chi connectivity index (χ3n) is 3.33. The summed E-state index contributed by atoms with van der Waals surface area (Å²) in [6.07, 6.45) is 2.89. The molecule has 2 aromatic rings. The van der Waals surface area contributed by atoms with Crippen LogP contribution in [-0.4, -0.2) is 32.2 Å². The molecule has 0 fully saturated rings. The third kappa shape index (κ3) is 3.83. The van der Waals surface area contributed by atoms with E-state index in [1.165, 1.54) is 32.4 Å². The van der Waals surface area contributed by atoms with E-state index in [1.54, 1.807) is 37.4 Å². The number of aromatic hydroxyl groups is 1. The summed E-state index contributed by atoms with van der Waals surface area (Å²) in [6.45, 7) is 0. The first-order valence-corrected chi connectivity index (χ1v) is 6.90. The maximum absolute atomic E-state index is 12.2. The fourth-order valence-electron chi connectivity index (χ4n) is 2.05. The van der Waals surface area contributed by atoms with Gasteiger partial charge < -0.3 is 19.3 Å². The Morgan fingerprint density at radius 2 is 1.61 bits per heavy atom. The molecule has 2 rings (SSSR count). The molecule has 0 unspecified atom stereocenters. The lowest BCUT2D eigenvalue weighted by Crippen LogP contribution is -1.95. The Morgan fingerprint density at radius 3 is 2.17 bits per heavy atom. The molecule has 23 heavy (non-hydrogen) atoms. The average molecular weight is 314 g/mol. The number of methoxy groups -OCH3 is 3. The van der Waals surface area contributed by atoms with Crippen LogP contribution in [0.1, 0.15) is 15.9 Å². The van der Waals surface area contributed by atoms with Gasteiger partial charge in [0.05, 0.1) is 26.9 Å². The highest BCUT2D eigenvalue weighted by atomic mass is 16.5. The second kappa shape index (κ2) is 7.35. The number of hydrogen-bond donors (Lipinski definition) is 1. The van der Waals surface area contributed by atoms with Gasteiger partial charge in [-0.1, -0.05) is 0 Å². The number of carbonyl (C=O) groups excluding carboxylic acids is 1. The van der Waals surface area contributed by atoms with Gasteiger partial charge in [0.2, 0.25) is 0 Å². The van der Waals surface area contributed by atoms with E-state index >= 15 is 0 Å². The highest BCUT2D eigenvalue weighted by molar-refractivity contribution is 6.07. The molecule has 0 heterocycles. The van der Waals surface area contributed by atoms with Crippen molar-refractivity contribution in [2.24, 2.45) is 0 Å². The molecular weight excluding hydrogens is 296 g/mol. The Labute approximate surface area is 134 Å². The van der Waals surface area contributed by atoms with Gasteiger partial charge in [-0.15, -0.1) is 0 Å². The van der Waals surface area contributed by atoms with E-state index < -0.39 is 0 Å². The summed E-state index contributed by atoms with van der Waals surface area (Å²) in [5.74, 6) is 1.35. The van der Waals surface area contributed by atoms with Crippen LogP contribution in [0.25, 0.3) is 6.08 Å². The molecule has 0 atom stereocenters. The topological polar surface area (TPSA) is 65.0 Å². The zero-order valence-electron chi connectivity index (χ0n) is 13.2. The van der Waals surface area contributed by atoms with Crippen LogP contribution in [0.3, 0.4) is 0 Å². The zero-order valence-corrected chi connectivity index (χ0v) is 13.2. The smallest absolute Gasteiger partial charge is 0.185 e. The molecule has 0 radical (unpaired) electrons. The fraction of sp³-hybridized carbons (Fsp3) is 0.167. The van der Waals surface area contributed by atoms with Crippen LogP contribution in [0, 0.1) is 0 Å². The molecule has 5 nitrogen and oxygen atoms in total. The maximum atomic E-state index is 12.2. The number of ketones is 1. The Morgan fingerprint density at radius 1 is 0.957 bits per heavy atom. The largest absolute Gasteiger partial charge is 0.507 e. The molecule has 0 aliphatic rings. The highest BCUT2D eigenvalue weighted by Gasteiger charge is 2.10. The minimum Gasteiger partial charge on any atom is -0.507 e. The van der Waals surface area contributed by atoms with E-state index in [-0.39, 0.29) is 11.5 Å². The lowest BCUT2D eigenvalue weighted by molar-refractivity contribution is 0.104. The van der Waals surface area contributed by atoms with Gasteiger partial charge in [-0.2, -0.15) is 0 Å². The number of carbonyl (C=O) groups is 1. The number of benzene rings is 2. The molecular formula is C18H18O5. The third-order valence-corrected chi connectivity index (χ3v) is 3.33. The molecule has 120 valence electrons. The molecule has 0 bridgehead atoms. The zero-order chi connectivity index (χ0) is 16.8. The summed E-state index contributed by atoms with van der Waals surface area (Å²) >= 11 is 0. The molecule has 2 aromatic carbocycles. The maximum Gasteiger partial charge on any atom is 0.185 e. The Kier molecular flexibility index (Phi) is 5.25. The summed E-state index contributed by atoms with van der Waals surface area (Å²) in [5, 5.41) is 10.0. The van der Waals surface area contributed by atoms with Crippen LogP contribution in [0.2, 0.25) is 0 Å². The van der Waals surface area contributed by atoms with Crippen molar-refractivity contribution in [1.29, 1.82) is 0 Å². The van der Waals surface area contributed by atoms with Gasteiger partial charge in [0, 0.05) is 17.7 Å². The van der Waals surface area contributed by atoms with E-state index in [0.29, 0.717) is 28.4 Å². The SMILES string of the molecule is COc1ccc(C(=O)/C=C/c2c(O)cc(OC)cc2OC)cc1.